The maximum absolute atomic E-state index is 12.1. The predicted octanol–water partition coefficient (Wildman–Crippen LogP) is 2.75. The summed E-state index contributed by atoms with van der Waals surface area (Å²) in [5, 5.41) is 0. The third-order valence-corrected chi connectivity index (χ3v) is 2.79. The monoisotopic (exact) mass is 226 g/mol. The molecule has 0 aromatic carbocycles. The standard InChI is InChI=1S/C13H22O3/c1-7-8-13(9(2)3,11(6)14)12(15)16-10(4)5/h7,9-10H,1,8H2,2-6H3. The molecular weight excluding hydrogens is 204 g/mol. The van der Waals surface area contributed by atoms with Crippen molar-refractivity contribution in [2.45, 2.75) is 47.1 Å². The van der Waals surface area contributed by atoms with Crippen molar-refractivity contribution in [3.63, 3.8) is 0 Å². The van der Waals surface area contributed by atoms with Crippen LogP contribution in [0.5, 0.6) is 0 Å². The van der Waals surface area contributed by atoms with Crippen molar-refractivity contribution in [2.24, 2.45) is 11.3 Å². The molecule has 0 rings (SSSR count). The zero-order valence-electron chi connectivity index (χ0n) is 10.9. The smallest absolute Gasteiger partial charge is 0.320 e. The summed E-state index contributed by atoms with van der Waals surface area (Å²) >= 11 is 0. The van der Waals surface area contributed by atoms with E-state index in [-0.39, 0.29) is 17.8 Å². The van der Waals surface area contributed by atoms with Crippen LogP contribution in [0.25, 0.3) is 0 Å². The van der Waals surface area contributed by atoms with Gasteiger partial charge in [0.1, 0.15) is 11.2 Å². The lowest BCUT2D eigenvalue weighted by Gasteiger charge is -2.32. The SMILES string of the molecule is C=CCC(C(C)=O)(C(=O)OC(C)C)C(C)C. The lowest BCUT2D eigenvalue weighted by molar-refractivity contribution is -0.166. The van der Waals surface area contributed by atoms with Crippen molar-refractivity contribution >= 4 is 11.8 Å². The molecule has 0 radical (unpaired) electrons. The highest BCUT2D eigenvalue weighted by atomic mass is 16.5. The van der Waals surface area contributed by atoms with Crippen LogP contribution in [0.1, 0.15) is 41.0 Å². The molecule has 0 spiro atoms. The van der Waals surface area contributed by atoms with Gasteiger partial charge in [-0.1, -0.05) is 19.9 Å². The van der Waals surface area contributed by atoms with Gasteiger partial charge in [-0.05, 0) is 33.1 Å². The minimum atomic E-state index is -1.08. The van der Waals surface area contributed by atoms with Crippen LogP contribution in [-0.2, 0) is 14.3 Å². The van der Waals surface area contributed by atoms with Crippen molar-refractivity contribution < 1.29 is 14.3 Å². The maximum Gasteiger partial charge on any atom is 0.320 e. The van der Waals surface area contributed by atoms with E-state index in [0.29, 0.717) is 6.42 Å². The number of hydrogen-bond acceptors (Lipinski definition) is 3. The second-order valence-corrected chi connectivity index (χ2v) is 4.63. The van der Waals surface area contributed by atoms with Gasteiger partial charge < -0.3 is 4.74 Å². The summed E-state index contributed by atoms with van der Waals surface area (Å²) in [7, 11) is 0. The summed E-state index contributed by atoms with van der Waals surface area (Å²) in [4.78, 5) is 23.8. The molecule has 16 heavy (non-hydrogen) atoms. The average molecular weight is 226 g/mol. The number of hydrogen-bond donors (Lipinski definition) is 0. The van der Waals surface area contributed by atoms with Gasteiger partial charge in [0.2, 0.25) is 0 Å². The number of ketones is 1. The Balaban J connectivity index is 5.25. The summed E-state index contributed by atoms with van der Waals surface area (Å²) in [6.07, 6.45) is 1.71. The first-order valence-electron chi connectivity index (χ1n) is 5.62. The lowest BCUT2D eigenvalue weighted by atomic mass is 9.71. The Kier molecular flexibility index (Phi) is 5.42. The fraction of sp³-hybridized carbons (Fsp3) is 0.692. The fourth-order valence-electron chi connectivity index (χ4n) is 1.80. The molecule has 1 unspecified atom stereocenters. The van der Waals surface area contributed by atoms with Crippen molar-refractivity contribution in [3.8, 4) is 0 Å². The molecule has 0 aliphatic carbocycles. The second-order valence-electron chi connectivity index (χ2n) is 4.63. The molecule has 3 nitrogen and oxygen atoms in total. The number of allylic oxidation sites excluding steroid dienone is 1. The predicted molar refractivity (Wildman–Crippen MR) is 64.0 cm³/mol. The third kappa shape index (κ3) is 2.94. The summed E-state index contributed by atoms with van der Waals surface area (Å²) < 4.78 is 5.18. The van der Waals surface area contributed by atoms with E-state index in [1.54, 1.807) is 19.9 Å². The van der Waals surface area contributed by atoms with Gasteiger partial charge in [-0.25, -0.2) is 0 Å². The van der Waals surface area contributed by atoms with Gasteiger partial charge >= 0.3 is 5.97 Å². The van der Waals surface area contributed by atoms with Crippen LogP contribution >= 0.6 is 0 Å². The second kappa shape index (κ2) is 5.83. The van der Waals surface area contributed by atoms with E-state index >= 15 is 0 Å². The van der Waals surface area contributed by atoms with E-state index in [2.05, 4.69) is 6.58 Å². The van der Waals surface area contributed by atoms with Crippen molar-refractivity contribution in [3.05, 3.63) is 12.7 Å². The number of Topliss-reactive ketones (excluding diaryl/α,β-unsaturated/α-hetero) is 1. The zero-order chi connectivity index (χ0) is 12.9. The molecule has 0 aliphatic rings. The van der Waals surface area contributed by atoms with Gasteiger partial charge in [-0.15, -0.1) is 6.58 Å². The highest BCUT2D eigenvalue weighted by Gasteiger charge is 2.46. The number of carbonyl (C=O) groups is 2. The van der Waals surface area contributed by atoms with E-state index in [1.807, 2.05) is 13.8 Å². The minimum absolute atomic E-state index is 0.103. The van der Waals surface area contributed by atoms with E-state index < -0.39 is 11.4 Å². The quantitative estimate of drug-likeness (QED) is 0.397. The number of rotatable bonds is 6. The largest absolute Gasteiger partial charge is 0.462 e. The van der Waals surface area contributed by atoms with Crippen LogP contribution in [0.15, 0.2) is 12.7 Å². The van der Waals surface area contributed by atoms with Crippen molar-refractivity contribution in [2.75, 3.05) is 0 Å². The van der Waals surface area contributed by atoms with Crippen molar-refractivity contribution in [1.82, 2.24) is 0 Å². The van der Waals surface area contributed by atoms with Crippen molar-refractivity contribution in [1.29, 1.82) is 0 Å². The van der Waals surface area contributed by atoms with Crippen LogP contribution in [0.3, 0.4) is 0 Å². The van der Waals surface area contributed by atoms with Crippen LogP contribution in [0.2, 0.25) is 0 Å². The van der Waals surface area contributed by atoms with Gasteiger partial charge in [0, 0.05) is 0 Å². The van der Waals surface area contributed by atoms with E-state index in [4.69, 9.17) is 4.74 Å². The summed E-state index contributed by atoms with van der Waals surface area (Å²) in [5.74, 6) is -0.702. The molecule has 0 aromatic heterocycles. The fourth-order valence-corrected chi connectivity index (χ4v) is 1.80. The maximum atomic E-state index is 12.1. The Morgan fingerprint density at radius 3 is 2.06 bits per heavy atom. The number of carbonyl (C=O) groups excluding carboxylic acids is 2. The Hall–Kier alpha value is -1.12. The Morgan fingerprint density at radius 2 is 1.81 bits per heavy atom. The molecule has 0 N–H and O–H groups in total. The molecule has 1 atom stereocenters. The van der Waals surface area contributed by atoms with Gasteiger partial charge in [0.05, 0.1) is 6.10 Å². The summed E-state index contributed by atoms with van der Waals surface area (Å²) in [6.45, 7) is 12.3. The topological polar surface area (TPSA) is 43.4 Å². The van der Waals surface area contributed by atoms with E-state index in [0.717, 1.165) is 0 Å². The molecule has 0 heterocycles. The Morgan fingerprint density at radius 1 is 1.31 bits per heavy atom. The Labute approximate surface area is 97.9 Å². The van der Waals surface area contributed by atoms with Gasteiger partial charge in [-0.2, -0.15) is 0 Å². The normalized spacial score (nSPS) is 14.7. The molecule has 0 bridgehead atoms. The highest BCUT2D eigenvalue weighted by molar-refractivity contribution is 6.03. The molecule has 3 heteroatoms. The van der Waals surface area contributed by atoms with E-state index in [1.165, 1.54) is 6.92 Å². The van der Waals surface area contributed by atoms with Crippen LogP contribution in [-0.4, -0.2) is 17.9 Å². The molecule has 0 fully saturated rings. The first-order valence-corrected chi connectivity index (χ1v) is 5.62. The first-order chi connectivity index (χ1) is 7.28. The minimum Gasteiger partial charge on any atom is -0.462 e. The lowest BCUT2D eigenvalue weighted by Crippen LogP contribution is -2.44. The molecule has 0 saturated carbocycles. The summed E-state index contributed by atoms with van der Waals surface area (Å²) in [5.41, 5.74) is -1.08. The number of esters is 1. The summed E-state index contributed by atoms with van der Waals surface area (Å²) in [6, 6.07) is 0. The van der Waals surface area contributed by atoms with Crippen LogP contribution in [0.4, 0.5) is 0 Å². The highest BCUT2D eigenvalue weighted by Crippen LogP contribution is 2.35. The molecule has 0 saturated heterocycles. The van der Waals surface area contributed by atoms with Gasteiger partial charge in [0.15, 0.2) is 0 Å². The van der Waals surface area contributed by atoms with Crippen LogP contribution in [0, 0.1) is 11.3 Å². The Bertz CT molecular complexity index is 279. The number of ether oxygens (including phenoxy) is 1. The first kappa shape index (κ1) is 14.9. The third-order valence-electron chi connectivity index (χ3n) is 2.79. The molecule has 0 amide bonds. The molecule has 0 aromatic rings. The molecular formula is C13H22O3. The zero-order valence-corrected chi connectivity index (χ0v) is 10.9. The molecule has 92 valence electrons. The van der Waals surface area contributed by atoms with Gasteiger partial charge in [0.25, 0.3) is 0 Å². The van der Waals surface area contributed by atoms with Crippen LogP contribution < -0.4 is 0 Å². The van der Waals surface area contributed by atoms with Gasteiger partial charge in [-0.3, -0.25) is 9.59 Å². The molecule has 0 aliphatic heterocycles. The average Bonchev–Trinajstić information content (AvgIpc) is 2.11. The van der Waals surface area contributed by atoms with E-state index in [9.17, 15) is 9.59 Å².